The van der Waals surface area contributed by atoms with Crippen LogP contribution in [0.1, 0.15) is 34.3 Å². The summed E-state index contributed by atoms with van der Waals surface area (Å²) in [5, 5.41) is 3.45. The van der Waals surface area contributed by atoms with Crippen LogP contribution in [-0.4, -0.2) is 23.9 Å². The fourth-order valence-corrected chi connectivity index (χ4v) is 3.01. The molecule has 1 amide bonds. The maximum Gasteiger partial charge on any atom is 0.255 e. The van der Waals surface area contributed by atoms with Gasteiger partial charge in [-0.25, -0.2) is 0 Å². The molecule has 2 aromatic carbocycles. The van der Waals surface area contributed by atoms with Gasteiger partial charge < -0.3 is 10.2 Å². The average molecular weight is 320 g/mol. The molecule has 0 saturated carbocycles. The number of nitrogens with zero attached hydrogens (tertiary/aromatic N) is 1. The first kappa shape index (κ1) is 16.3. The SMILES string of the molecule is C=C1CCN(C(=O)c2ccccc2Nc2cccc(C)c2C)CC1. The fourth-order valence-electron chi connectivity index (χ4n) is 3.01. The van der Waals surface area contributed by atoms with E-state index in [4.69, 9.17) is 0 Å². The van der Waals surface area contributed by atoms with Crippen molar-refractivity contribution in [2.24, 2.45) is 0 Å². The lowest BCUT2D eigenvalue weighted by Crippen LogP contribution is -2.36. The standard InChI is InChI=1S/C21H24N2O/c1-15-11-13-23(14-12-15)21(24)18-8-4-5-9-20(18)22-19-10-6-7-16(2)17(19)3/h4-10,22H,1,11-14H2,2-3H3. The second kappa shape index (κ2) is 6.91. The predicted octanol–water partition coefficient (Wildman–Crippen LogP) is 4.84. The lowest BCUT2D eigenvalue weighted by atomic mass is 10.0. The zero-order valence-corrected chi connectivity index (χ0v) is 14.4. The molecule has 1 fully saturated rings. The summed E-state index contributed by atoms with van der Waals surface area (Å²) >= 11 is 0. The smallest absolute Gasteiger partial charge is 0.255 e. The molecule has 24 heavy (non-hydrogen) atoms. The second-order valence-electron chi connectivity index (χ2n) is 6.46. The number of aryl methyl sites for hydroxylation is 1. The number of rotatable bonds is 3. The Hall–Kier alpha value is -2.55. The van der Waals surface area contributed by atoms with Gasteiger partial charge in [-0.15, -0.1) is 0 Å². The van der Waals surface area contributed by atoms with Crippen molar-refractivity contribution in [1.29, 1.82) is 0 Å². The number of carbonyl (C=O) groups excluding carboxylic acids is 1. The molecule has 0 spiro atoms. The summed E-state index contributed by atoms with van der Waals surface area (Å²) in [7, 11) is 0. The van der Waals surface area contributed by atoms with E-state index in [0.717, 1.165) is 42.9 Å². The number of para-hydroxylation sites is 1. The lowest BCUT2D eigenvalue weighted by Gasteiger charge is -2.29. The highest BCUT2D eigenvalue weighted by Crippen LogP contribution is 2.27. The number of anilines is 2. The number of amides is 1. The molecule has 1 aliphatic rings. The molecule has 0 atom stereocenters. The van der Waals surface area contributed by atoms with Gasteiger partial charge in [0.2, 0.25) is 0 Å². The van der Waals surface area contributed by atoms with Crippen LogP contribution in [0.5, 0.6) is 0 Å². The monoisotopic (exact) mass is 320 g/mol. The predicted molar refractivity (Wildman–Crippen MR) is 99.9 cm³/mol. The number of benzene rings is 2. The van der Waals surface area contributed by atoms with Crippen LogP contribution in [0, 0.1) is 13.8 Å². The summed E-state index contributed by atoms with van der Waals surface area (Å²) in [6, 6.07) is 13.9. The van der Waals surface area contributed by atoms with E-state index in [1.165, 1.54) is 16.7 Å². The molecule has 124 valence electrons. The van der Waals surface area contributed by atoms with Crippen molar-refractivity contribution in [2.75, 3.05) is 18.4 Å². The summed E-state index contributed by atoms with van der Waals surface area (Å²) < 4.78 is 0. The van der Waals surface area contributed by atoms with E-state index in [2.05, 4.69) is 37.9 Å². The third-order valence-corrected chi connectivity index (χ3v) is 4.79. The van der Waals surface area contributed by atoms with Gasteiger partial charge in [0.05, 0.1) is 11.3 Å². The number of hydrogen-bond acceptors (Lipinski definition) is 2. The van der Waals surface area contributed by atoms with Crippen LogP contribution in [0.3, 0.4) is 0 Å². The van der Waals surface area contributed by atoms with Crippen molar-refractivity contribution < 1.29 is 4.79 Å². The van der Waals surface area contributed by atoms with Gasteiger partial charge in [0.1, 0.15) is 0 Å². The molecule has 1 N–H and O–H groups in total. The minimum atomic E-state index is 0.0934. The van der Waals surface area contributed by atoms with Crippen molar-refractivity contribution in [1.82, 2.24) is 4.90 Å². The maximum absolute atomic E-state index is 12.9. The van der Waals surface area contributed by atoms with Gasteiger partial charge in [-0.2, -0.15) is 0 Å². The van der Waals surface area contributed by atoms with E-state index in [0.29, 0.717) is 0 Å². The second-order valence-corrected chi connectivity index (χ2v) is 6.46. The van der Waals surface area contributed by atoms with E-state index in [1.807, 2.05) is 35.2 Å². The van der Waals surface area contributed by atoms with Gasteiger partial charge in [-0.3, -0.25) is 4.79 Å². The first-order chi connectivity index (χ1) is 11.6. The number of piperidine rings is 1. The molecule has 3 heteroatoms. The van der Waals surface area contributed by atoms with Crippen molar-refractivity contribution in [3.05, 3.63) is 71.3 Å². The normalized spacial score (nSPS) is 14.6. The van der Waals surface area contributed by atoms with Gasteiger partial charge in [-0.05, 0) is 56.0 Å². The third kappa shape index (κ3) is 3.35. The number of hydrogen-bond donors (Lipinski definition) is 1. The van der Waals surface area contributed by atoms with Crippen molar-refractivity contribution in [2.45, 2.75) is 26.7 Å². The molecule has 1 aliphatic heterocycles. The van der Waals surface area contributed by atoms with E-state index in [-0.39, 0.29) is 5.91 Å². The van der Waals surface area contributed by atoms with E-state index < -0.39 is 0 Å². The van der Waals surface area contributed by atoms with Crippen LogP contribution < -0.4 is 5.32 Å². The summed E-state index contributed by atoms with van der Waals surface area (Å²) in [4.78, 5) is 14.9. The molecule has 0 aromatic heterocycles. The molecular weight excluding hydrogens is 296 g/mol. The van der Waals surface area contributed by atoms with Crippen LogP contribution in [0.2, 0.25) is 0 Å². The fraction of sp³-hybridized carbons (Fsp3) is 0.286. The van der Waals surface area contributed by atoms with E-state index in [9.17, 15) is 4.79 Å². The summed E-state index contributed by atoms with van der Waals surface area (Å²) in [5.74, 6) is 0.0934. The Bertz CT molecular complexity index is 769. The first-order valence-electron chi connectivity index (χ1n) is 8.44. The molecule has 1 saturated heterocycles. The Morgan fingerprint density at radius 2 is 1.67 bits per heavy atom. The first-order valence-corrected chi connectivity index (χ1v) is 8.44. The largest absolute Gasteiger partial charge is 0.355 e. The van der Waals surface area contributed by atoms with Gasteiger partial charge in [0.25, 0.3) is 5.91 Å². The molecule has 0 radical (unpaired) electrons. The molecule has 0 unspecified atom stereocenters. The third-order valence-electron chi connectivity index (χ3n) is 4.79. The van der Waals surface area contributed by atoms with E-state index in [1.54, 1.807) is 0 Å². The quantitative estimate of drug-likeness (QED) is 0.821. The zero-order valence-electron chi connectivity index (χ0n) is 14.4. The van der Waals surface area contributed by atoms with Crippen LogP contribution in [-0.2, 0) is 0 Å². The molecule has 3 nitrogen and oxygen atoms in total. The Morgan fingerprint density at radius 1 is 1.00 bits per heavy atom. The van der Waals surface area contributed by atoms with Crippen LogP contribution >= 0.6 is 0 Å². The molecule has 0 aliphatic carbocycles. The topological polar surface area (TPSA) is 32.3 Å². The van der Waals surface area contributed by atoms with Gasteiger partial charge in [0.15, 0.2) is 0 Å². The Balaban J connectivity index is 1.86. The molecule has 3 rings (SSSR count). The highest BCUT2D eigenvalue weighted by molar-refractivity contribution is 6.00. The molecule has 0 bridgehead atoms. The van der Waals surface area contributed by atoms with Gasteiger partial charge in [-0.1, -0.05) is 36.4 Å². The van der Waals surface area contributed by atoms with Gasteiger partial charge in [0, 0.05) is 18.8 Å². The van der Waals surface area contributed by atoms with Crippen molar-refractivity contribution >= 4 is 17.3 Å². The minimum absolute atomic E-state index is 0.0934. The van der Waals surface area contributed by atoms with Crippen LogP contribution in [0.25, 0.3) is 0 Å². The van der Waals surface area contributed by atoms with Crippen LogP contribution in [0.15, 0.2) is 54.6 Å². The Labute approximate surface area is 144 Å². The Morgan fingerprint density at radius 3 is 2.42 bits per heavy atom. The van der Waals surface area contributed by atoms with Gasteiger partial charge >= 0.3 is 0 Å². The van der Waals surface area contributed by atoms with Crippen molar-refractivity contribution in [3.63, 3.8) is 0 Å². The van der Waals surface area contributed by atoms with Crippen molar-refractivity contribution in [3.8, 4) is 0 Å². The summed E-state index contributed by atoms with van der Waals surface area (Å²) in [6.45, 7) is 9.73. The Kier molecular flexibility index (Phi) is 4.70. The number of likely N-dealkylation sites (tertiary alicyclic amines) is 1. The van der Waals surface area contributed by atoms with Crippen LogP contribution in [0.4, 0.5) is 11.4 Å². The summed E-state index contributed by atoms with van der Waals surface area (Å²) in [6.07, 6.45) is 1.80. The zero-order chi connectivity index (χ0) is 17.1. The molecule has 2 aromatic rings. The summed E-state index contributed by atoms with van der Waals surface area (Å²) in [5.41, 5.74) is 6.31. The highest BCUT2D eigenvalue weighted by Gasteiger charge is 2.21. The number of nitrogens with one attached hydrogen (secondary N) is 1. The minimum Gasteiger partial charge on any atom is -0.355 e. The lowest BCUT2D eigenvalue weighted by molar-refractivity contribution is 0.0745. The highest BCUT2D eigenvalue weighted by atomic mass is 16.2. The number of carbonyl (C=O) groups is 1. The molecular formula is C21H24N2O. The van der Waals surface area contributed by atoms with E-state index >= 15 is 0 Å². The maximum atomic E-state index is 12.9. The molecule has 1 heterocycles. The average Bonchev–Trinajstić information content (AvgIpc) is 2.59.